The molecule has 1 aromatic carbocycles. The minimum Gasteiger partial charge on any atom is -0.307 e. The van der Waals surface area contributed by atoms with Crippen LogP contribution in [0.3, 0.4) is 0 Å². The van der Waals surface area contributed by atoms with E-state index >= 15 is 0 Å². The number of amides is 1. The molecule has 26 heavy (non-hydrogen) atoms. The number of aryl methyl sites for hydroxylation is 1. The van der Waals surface area contributed by atoms with Gasteiger partial charge in [-0.25, -0.2) is 13.1 Å². The molecule has 6 nitrogen and oxygen atoms in total. The van der Waals surface area contributed by atoms with E-state index in [1.807, 2.05) is 0 Å². The van der Waals surface area contributed by atoms with Crippen LogP contribution in [0.15, 0.2) is 30.3 Å². The molecule has 1 unspecified atom stereocenters. The first-order valence-electron chi connectivity index (χ1n) is 7.94. The topological polar surface area (TPSA) is 81.1 Å². The second kappa shape index (κ2) is 7.42. The Morgan fingerprint density at radius 1 is 1.31 bits per heavy atom. The standard InChI is InChI=1S/C17H17Cl2N3O3S/c1-11-8-16(22(21-11)13-6-7-26(24,25)10-13)20-17(23)5-3-12-2-4-14(18)15(19)9-12/h2-5,8-9,13H,6-7,10H2,1H3,(H,20,23)/b5-3+. The van der Waals surface area contributed by atoms with Crippen molar-refractivity contribution >= 4 is 50.8 Å². The summed E-state index contributed by atoms with van der Waals surface area (Å²) in [6.45, 7) is 1.79. The molecule has 1 N–H and O–H groups in total. The van der Waals surface area contributed by atoms with Crippen LogP contribution in [-0.4, -0.2) is 35.6 Å². The summed E-state index contributed by atoms with van der Waals surface area (Å²) in [5.41, 5.74) is 1.44. The molecule has 2 heterocycles. The summed E-state index contributed by atoms with van der Waals surface area (Å²) in [5.74, 6) is 0.309. The maximum absolute atomic E-state index is 12.2. The van der Waals surface area contributed by atoms with Crippen molar-refractivity contribution < 1.29 is 13.2 Å². The number of hydrogen-bond donors (Lipinski definition) is 1. The van der Waals surface area contributed by atoms with Crippen molar-refractivity contribution in [2.24, 2.45) is 0 Å². The Morgan fingerprint density at radius 2 is 2.08 bits per heavy atom. The van der Waals surface area contributed by atoms with Crippen LogP contribution in [0.25, 0.3) is 6.08 Å². The molecule has 0 spiro atoms. The lowest BCUT2D eigenvalue weighted by Gasteiger charge is -2.13. The lowest BCUT2D eigenvalue weighted by molar-refractivity contribution is -0.111. The van der Waals surface area contributed by atoms with E-state index in [2.05, 4.69) is 10.4 Å². The molecule has 138 valence electrons. The Hall–Kier alpha value is -1.83. The van der Waals surface area contributed by atoms with E-state index in [0.29, 0.717) is 28.0 Å². The minimum atomic E-state index is -3.04. The van der Waals surface area contributed by atoms with Gasteiger partial charge in [-0.2, -0.15) is 5.10 Å². The number of nitrogens with zero attached hydrogens (tertiary/aromatic N) is 2. The Balaban J connectivity index is 1.73. The molecule has 1 aliphatic rings. The molecule has 1 amide bonds. The molecule has 1 atom stereocenters. The van der Waals surface area contributed by atoms with Gasteiger partial charge in [0.25, 0.3) is 0 Å². The molecule has 0 aliphatic carbocycles. The molecular formula is C17H17Cl2N3O3S. The van der Waals surface area contributed by atoms with Gasteiger partial charge in [0.1, 0.15) is 5.82 Å². The van der Waals surface area contributed by atoms with Crippen molar-refractivity contribution in [3.8, 4) is 0 Å². The smallest absolute Gasteiger partial charge is 0.249 e. The summed E-state index contributed by atoms with van der Waals surface area (Å²) in [6, 6.07) is 6.51. The van der Waals surface area contributed by atoms with Crippen LogP contribution >= 0.6 is 23.2 Å². The van der Waals surface area contributed by atoms with Crippen LogP contribution in [-0.2, 0) is 14.6 Å². The second-order valence-electron chi connectivity index (χ2n) is 6.17. The summed E-state index contributed by atoms with van der Waals surface area (Å²) >= 11 is 11.8. The summed E-state index contributed by atoms with van der Waals surface area (Å²) in [7, 11) is -3.04. The Bertz CT molecular complexity index is 983. The lowest BCUT2D eigenvalue weighted by Crippen LogP contribution is -2.18. The maximum Gasteiger partial charge on any atom is 0.249 e. The summed E-state index contributed by atoms with van der Waals surface area (Å²) in [5, 5.41) is 7.94. The molecule has 0 bridgehead atoms. The van der Waals surface area contributed by atoms with Gasteiger partial charge in [0.2, 0.25) is 5.91 Å². The third-order valence-electron chi connectivity index (χ3n) is 4.03. The van der Waals surface area contributed by atoms with E-state index in [9.17, 15) is 13.2 Å². The second-order valence-corrected chi connectivity index (χ2v) is 9.21. The van der Waals surface area contributed by atoms with Gasteiger partial charge in [-0.3, -0.25) is 4.79 Å². The minimum absolute atomic E-state index is 0.0378. The van der Waals surface area contributed by atoms with Crippen molar-refractivity contribution in [3.05, 3.63) is 51.6 Å². The van der Waals surface area contributed by atoms with Gasteiger partial charge in [-0.05, 0) is 37.1 Å². The van der Waals surface area contributed by atoms with Crippen molar-refractivity contribution in [2.45, 2.75) is 19.4 Å². The highest BCUT2D eigenvalue weighted by Gasteiger charge is 2.31. The van der Waals surface area contributed by atoms with Crippen molar-refractivity contribution in [1.82, 2.24) is 9.78 Å². The van der Waals surface area contributed by atoms with Gasteiger partial charge in [-0.1, -0.05) is 29.3 Å². The van der Waals surface area contributed by atoms with Gasteiger partial charge in [0, 0.05) is 12.1 Å². The number of benzene rings is 1. The highest BCUT2D eigenvalue weighted by Crippen LogP contribution is 2.27. The molecule has 9 heteroatoms. The first-order chi connectivity index (χ1) is 12.2. The third-order valence-corrected chi connectivity index (χ3v) is 6.52. The number of anilines is 1. The van der Waals surface area contributed by atoms with E-state index in [1.165, 1.54) is 6.08 Å². The van der Waals surface area contributed by atoms with Crippen LogP contribution < -0.4 is 5.32 Å². The van der Waals surface area contributed by atoms with Crippen LogP contribution in [0.2, 0.25) is 10.0 Å². The first-order valence-corrected chi connectivity index (χ1v) is 10.5. The molecule has 0 saturated carbocycles. The largest absolute Gasteiger partial charge is 0.307 e. The number of halogens is 2. The first kappa shape index (κ1) is 18.9. The summed E-state index contributed by atoms with van der Waals surface area (Å²) in [6.07, 6.45) is 3.48. The predicted octanol–water partition coefficient (Wildman–Crippen LogP) is 3.51. The third kappa shape index (κ3) is 4.47. The van der Waals surface area contributed by atoms with Crippen LogP contribution in [0.1, 0.15) is 23.7 Å². The zero-order valence-electron chi connectivity index (χ0n) is 13.9. The monoisotopic (exact) mass is 413 g/mol. The average molecular weight is 414 g/mol. The lowest BCUT2D eigenvalue weighted by atomic mass is 10.2. The van der Waals surface area contributed by atoms with Gasteiger partial charge in [0.15, 0.2) is 9.84 Å². The number of carbonyl (C=O) groups excluding carboxylic acids is 1. The molecule has 0 radical (unpaired) electrons. The number of rotatable bonds is 4. The average Bonchev–Trinajstić information content (AvgIpc) is 3.10. The van der Waals surface area contributed by atoms with Gasteiger partial charge in [-0.15, -0.1) is 0 Å². The van der Waals surface area contributed by atoms with Crippen molar-refractivity contribution in [2.75, 3.05) is 16.8 Å². The van der Waals surface area contributed by atoms with E-state index in [0.717, 1.165) is 5.56 Å². The zero-order chi connectivity index (χ0) is 18.9. The summed E-state index contributed by atoms with van der Waals surface area (Å²) in [4.78, 5) is 12.2. The number of nitrogens with one attached hydrogen (secondary N) is 1. The molecule has 2 aromatic rings. The number of carbonyl (C=O) groups is 1. The number of aromatic nitrogens is 2. The Labute approximate surface area is 161 Å². The zero-order valence-corrected chi connectivity index (χ0v) is 16.3. The molecule has 1 aromatic heterocycles. The predicted molar refractivity (Wildman–Crippen MR) is 103 cm³/mol. The van der Waals surface area contributed by atoms with E-state index in [1.54, 1.807) is 41.9 Å². The fourth-order valence-electron chi connectivity index (χ4n) is 2.81. The quantitative estimate of drug-likeness (QED) is 0.777. The van der Waals surface area contributed by atoms with Crippen LogP contribution in [0.4, 0.5) is 5.82 Å². The van der Waals surface area contributed by atoms with Crippen LogP contribution in [0.5, 0.6) is 0 Å². The van der Waals surface area contributed by atoms with Crippen LogP contribution in [0, 0.1) is 6.92 Å². The van der Waals surface area contributed by atoms with E-state index in [4.69, 9.17) is 23.2 Å². The SMILES string of the molecule is Cc1cc(NC(=O)/C=C/c2ccc(Cl)c(Cl)c2)n(C2CCS(=O)(=O)C2)n1. The highest BCUT2D eigenvalue weighted by atomic mass is 35.5. The van der Waals surface area contributed by atoms with E-state index in [-0.39, 0.29) is 23.5 Å². The molecule has 1 aliphatic heterocycles. The molecule has 3 rings (SSSR count). The fourth-order valence-corrected chi connectivity index (χ4v) is 4.81. The van der Waals surface area contributed by atoms with E-state index < -0.39 is 9.84 Å². The Kier molecular flexibility index (Phi) is 5.41. The normalized spacial score (nSPS) is 19.1. The number of hydrogen-bond acceptors (Lipinski definition) is 4. The summed E-state index contributed by atoms with van der Waals surface area (Å²) < 4.78 is 25.0. The fraction of sp³-hybridized carbons (Fsp3) is 0.294. The Morgan fingerprint density at radius 3 is 2.73 bits per heavy atom. The van der Waals surface area contributed by atoms with Crippen molar-refractivity contribution in [1.29, 1.82) is 0 Å². The molecule has 1 saturated heterocycles. The number of sulfone groups is 1. The molecule has 1 fully saturated rings. The van der Waals surface area contributed by atoms with Crippen molar-refractivity contribution in [3.63, 3.8) is 0 Å². The molecular weight excluding hydrogens is 397 g/mol. The highest BCUT2D eigenvalue weighted by molar-refractivity contribution is 7.91. The van der Waals surface area contributed by atoms with Gasteiger partial charge < -0.3 is 5.32 Å². The maximum atomic E-state index is 12.2. The van der Waals surface area contributed by atoms with Gasteiger partial charge in [0.05, 0.1) is 33.3 Å². The van der Waals surface area contributed by atoms with Gasteiger partial charge >= 0.3 is 0 Å².